The first-order chi connectivity index (χ1) is 8.54. The van der Waals surface area contributed by atoms with Gasteiger partial charge in [0, 0.05) is 19.2 Å². The predicted octanol–water partition coefficient (Wildman–Crippen LogP) is 2.70. The molecule has 5 nitrogen and oxygen atoms in total. The Morgan fingerprint density at radius 3 is 2.78 bits per heavy atom. The Morgan fingerprint density at radius 1 is 1.56 bits per heavy atom. The van der Waals surface area contributed by atoms with Gasteiger partial charge >= 0.3 is 5.97 Å². The first kappa shape index (κ1) is 14.5. The normalized spacial score (nSPS) is 12.4. The number of hydrogen-bond acceptors (Lipinski definition) is 4. The second-order valence-electron chi connectivity index (χ2n) is 4.69. The van der Waals surface area contributed by atoms with Gasteiger partial charge in [-0.25, -0.2) is 0 Å². The third kappa shape index (κ3) is 4.39. The molecule has 18 heavy (non-hydrogen) atoms. The molecule has 0 radical (unpaired) electrons. The van der Waals surface area contributed by atoms with Crippen molar-refractivity contribution in [3.05, 3.63) is 11.8 Å². The lowest BCUT2D eigenvalue weighted by Gasteiger charge is -2.23. The second kappa shape index (κ2) is 7.03. The van der Waals surface area contributed by atoms with E-state index in [0.29, 0.717) is 6.54 Å². The number of anilines is 1. The van der Waals surface area contributed by atoms with Crippen LogP contribution in [0.3, 0.4) is 0 Å². The lowest BCUT2D eigenvalue weighted by molar-refractivity contribution is -0.140. The van der Waals surface area contributed by atoms with Crippen LogP contribution in [0, 0.1) is 12.8 Å². The van der Waals surface area contributed by atoms with Gasteiger partial charge in [0.25, 0.3) is 0 Å². The lowest BCUT2D eigenvalue weighted by Crippen LogP contribution is -2.33. The predicted molar refractivity (Wildman–Crippen MR) is 69.8 cm³/mol. The first-order valence-electron chi connectivity index (χ1n) is 6.45. The van der Waals surface area contributed by atoms with E-state index in [9.17, 15) is 4.79 Å². The van der Waals surface area contributed by atoms with Crippen molar-refractivity contribution in [1.29, 1.82) is 0 Å². The van der Waals surface area contributed by atoms with E-state index in [4.69, 9.17) is 9.63 Å². The largest absolute Gasteiger partial charge is 0.481 e. The van der Waals surface area contributed by atoms with Crippen LogP contribution >= 0.6 is 0 Å². The van der Waals surface area contributed by atoms with Gasteiger partial charge in [0.15, 0.2) is 5.82 Å². The Kier molecular flexibility index (Phi) is 5.68. The maximum atomic E-state index is 10.9. The fraction of sp³-hybridized carbons (Fsp3) is 0.692. The van der Waals surface area contributed by atoms with Crippen molar-refractivity contribution in [1.82, 2.24) is 5.16 Å². The molecule has 0 spiro atoms. The van der Waals surface area contributed by atoms with E-state index in [0.717, 1.165) is 37.4 Å². The van der Waals surface area contributed by atoms with E-state index in [1.165, 1.54) is 0 Å². The van der Waals surface area contributed by atoms with Crippen molar-refractivity contribution in [2.75, 3.05) is 18.0 Å². The number of rotatable bonds is 8. The smallest absolute Gasteiger partial charge is 0.308 e. The van der Waals surface area contributed by atoms with Crippen LogP contribution < -0.4 is 4.90 Å². The van der Waals surface area contributed by atoms with Crippen molar-refractivity contribution in [3.8, 4) is 0 Å². The third-order valence-electron chi connectivity index (χ3n) is 2.89. The molecule has 0 aliphatic carbocycles. The minimum absolute atomic E-state index is 0.413. The molecule has 5 heteroatoms. The maximum absolute atomic E-state index is 10.9. The molecule has 0 bridgehead atoms. The van der Waals surface area contributed by atoms with Crippen molar-refractivity contribution in [2.45, 2.75) is 40.0 Å². The molecule has 0 saturated carbocycles. The molecule has 1 aromatic heterocycles. The molecular weight excluding hydrogens is 232 g/mol. The number of aromatic nitrogens is 1. The third-order valence-corrected chi connectivity index (χ3v) is 2.89. The Balaban J connectivity index is 2.65. The first-order valence-corrected chi connectivity index (χ1v) is 6.45. The van der Waals surface area contributed by atoms with Crippen LogP contribution in [0.25, 0.3) is 0 Å². The van der Waals surface area contributed by atoms with Crippen LogP contribution in [0.15, 0.2) is 10.6 Å². The molecule has 0 aliphatic rings. The van der Waals surface area contributed by atoms with Crippen molar-refractivity contribution in [3.63, 3.8) is 0 Å². The van der Waals surface area contributed by atoms with E-state index in [1.54, 1.807) is 6.92 Å². The van der Waals surface area contributed by atoms with E-state index in [-0.39, 0.29) is 0 Å². The van der Waals surface area contributed by atoms with Crippen LogP contribution in [0.1, 0.15) is 38.9 Å². The Hall–Kier alpha value is -1.52. The summed E-state index contributed by atoms with van der Waals surface area (Å²) in [7, 11) is 0. The standard InChI is InChI=1S/C13H22N2O3/c1-4-5-6-7-15(9-10(2)13(16)17)12-8-11(3)18-14-12/h8,10H,4-7,9H2,1-3H3,(H,16,17). The van der Waals surface area contributed by atoms with Gasteiger partial charge in [-0.05, 0) is 13.3 Å². The maximum Gasteiger partial charge on any atom is 0.308 e. The zero-order chi connectivity index (χ0) is 13.5. The van der Waals surface area contributed by atoms with E-state index in [2.05, 4.69) is 12.1 Å². The fourth-order valence-corrected chi connectivity index (χ4v) is 1.76. The molecule has 1 N–H and O–H groups in total. The van der Waals surface area contributed by atoms with Gasteiger partial charge in [-0.3, -0.25) is 4.79 Å². The molecule has 0 amide bonds. The van der Waals surface area contributed by atoms with Gasteiger partial charge in [0.05, 0.1) is 5.92 Å². The van der Waals surface area contributed by atoms with Gasteiger partial charge in [-0.15, -0.1) is 0 Å². The number of carboxylic acid groups (broad SMARTS) is 1. The number of nitrogens with zero attached hydrogens (tertiary/aromatic N) is 2. The quantitative estimate of drug-likeness (QED) is 0.722. The summed E-state index contributed by atoms with van der Waals surface area (Å²) in [6, 6.07) is 1.85. The number of hydrogen-bond donors (Lipinski definition) is 1. The SMILES string of the molecule is CCCCCN(CC(C)C(=O)O)c1cc(C)on1. The van der Waals surface area contributed by atoms with Crippen LogP contribution in [-0.2, 0) is 4.79 Å². The van der Waals surface area contributed by atoms with Crippen LogP contribution in [-0.4, -0.2) is 29.3 Å². The molecule has 0 fully saturated rings. The highest BCUT2D eigenvalue weighted by atomic mass is 16.5. The summed E-state index contributed by atoms with van der Waals surface area (Å²) in [6.07, 6.45) is 3.31. The highest BCUT2D eigenvalue weighted by Crippen LogP contribution is 2.16. The number of carbonyl (C=O) groups is 1. The van der Waals surface area contributed by atoms with Gasteiger partial charge < -0.3 is 14.5 Å². The van der Waals surface area contributed by atoms with E-state index < -0.39 is 11.9 Å². The summed E-state index contributed by atoms with van der Waals surface area (Å²) in [5.41, 5.74) is 0. The van der Waals surface area contributed by atoms with Crippen LogP contribution in [0.4, 0.5) is 5.82 Å². The molecule has 1 aromatic rings. The molecule has 0 saturated heterocycles. The second-order valence-corrected chi connectivity index (χ2v) is 4.69. The minimum atomic E-state index is -0.782. The molecule has 0 aromatic carbocycles. The number of unbranched alkanes of at least 4 members (excludes halogenated alkanes) is 2. The fourth-order valence-electron chi connectivity index (χ4n) is 1.76. The van der Waals surface area contributed by atoms with Gasteiger partial charge in [-0.2, -0.15) is 0 Å². The average molecular weight is 254 g/mol. The van der Waals surface area contributed by atoms with E-state index in [1.807, 2.05) is 17.9 Å². The number of carboxylic acids is 1. The minimum Gasteiger partial charge on any atom is -0.481 e. The summed E-state index contributed by atoms with van der Waals surface area (Å²) in [5, 5.41) is 12.9. The summed E-state index contributed by atoms with van der Waals surface area (Å²) < 4.78 is 5.05. The summed E-state index contributed by atoms with van der Waals surface area (Å²) >= 11 is 0. The topological polar surface area (TPSA) is 66.6 Å². The Bertz CT molecular complexity index is 376. The van der Waals surface area contributed by atoms with Gasteiger partial charge in [0.2, 0.25) is 0 Å². The average Bonchev–Trinajstić information content (AvgIpc) is 2.74. The molecule has 1 heterocycles. The number of aryl methyl sites for hydroxylation is 1. The molecule has 102 valence electrons. The van der Waals surface area contributed by atoms with Crippen LogP contribution in [0.5, 0.6) is 0 Å². The summed E-state index contributed by atoms with van der Waals surface area (Å²) in [5.74, 6) is 0.282. The Labute approximate surface area is 108 Å². The van der Waals surface area contributed by atoms with Gasteiger partial charge in [0.1, 0.15) is 5.76 Å². The molecular formula is C13H22N2O3. The molecule has 1 unspecified atom stereocenters. The summed E-state index contributed by atoms with van der Waals surface area (Å²) in [4.78, 5) is 12.9. The van der Waals surface area contributed by atoms with E-state index >= 15 is 0 Å². The molecule has 1 rings (SSSR count). The highest BCUT2D eigenvalue weighted by Gasteiger charge is 2.18. The molecule has 1 atom stereocenters. The van der Waals surface area contributed by atoms with Gasteiger partial charge in [-0.1, -0.05) is 31.8 Å². The number of aliphatic carboxylic acids is 1. The monoisotopic (exact) mass is 254 g/mol. The lowest BCUT2D eigenvalue weighted by atomic mass is 10.1. The zero-order valence-electron chi connectivity index (χ0n) is 11.3. The molecule has 0 aliphatic heterocycles. The highest BCUT2D eigenvalue weighted by molar-refractivity contribution is 5.70. The van der Waals surface area contributed by atoms with Crippen molar-refractivity contribution < 1.29 is 14.4 Å². The van der Waals surface area contributed by atoms with Crippen molar-refractivity contribution >= 4 is 11.8 Å². The van der Waals surface area contributed by atoms with Crippen LogP contribution in [0.2, 0.25) is 0 Å². The Morgan fingerprint density at radius 2 is 2.28 bits per heavy atom. The summed E-state index contributed by atoms with van der Waals surface area (Å²) in [6.45, 7) is 6.97. The zero-order valence-corrected chi connectivity index (χ0v) is 11.3. The van der Waals surface area contributed by atoms with Crippen molar-refractivity contribution in [2.24, 2.45) is 5.92 Å².